The van der Waals surface area contributed by atoms with Gasteiger partial charge >= 0.3 is 0 Å². The van der Waals surface area contributed by atoms with Crippen LogP contribution in [0, 0.1) is 0 Å². The average molecular weight is 228 g/mol. The van der Waals surface area contributed by atoms with Crippen molar-refractivity contribution in [1.82, 2.24) is 10.2 Å². The molecule has 2 aliphatic rings. The zero-order valence-corrected chi connectivity index (χ0v) is 10.7. The predicted octanol–water partition coefficient (Wildman–Crippen LogP) is 2.34. The van der Waals surface area contributed by atoms with Gasteiger partial charge in [0.1, 0.15) is 6.67 Å². The fourth-order valence-corrected chi connectivity index (χ4v) is 3.20. The number of halogens is 1. The molecular weight excluding hydrogens is 203 g/mol. The van der Waals surface area contributed by atoms with Crippen LogP contribution in [0.4, 0.5) is 4.39 Å². The number of hydrogen-bond donors (Lipinski definition) is 1. The lowest BCUT2D eigenvalue weighted by molar-refractivity contribution is 0.00748. The average Bonchev–Trinajstić information content (AvgIpc) is 2.26. The lowest BCUT2D eigenvalue weighted by atomic mass is 9.78. The normalized spacial score (nSPS) is 29.4. The van der Waals surface area contributed by atoms with Crippen LogP contribution < -0.4 is 5.32 Å². The van der Waals surface area contributed by atoms with Crippen molar-refractivity contribution in [2.45, 2.75) is 57.0 Å². The molecule has 2 nitrogen and oxygen atoms in total. The minimum absolute atomic E-state index is 0.106. The van der Waals surface area contributed by atoms with Gasteiger partial charge in [-0.1, -0.05) is 19.3 Å². The first kappa shape index (κ1) is 12.3. The molecule has 0 radical (unpaired) electrons. The van der Waals surface area contributed by atoms with E-state index in [1.165, 1.54) is 32.1 Å². The number of piperazine rings is 1. The van der Waals surface area contributed by atoms with E-state index in [0.717, 1.165) is 13.1 Å². The fourth-order valence-electron chi connectivity index (χ4n) is 3.20. The molecule has 16 heavy (non-hydrogen) atoms. The van der Waals surface area contributed by atoms with E-state index in [-0.39, 0.29) is 12.2 Å². The molecule has 2 rings (SSSR count). The Labute approximate surface area is 98.6 Å². The molecule has 0 bridgehead atoms. The summed E-state index contributed by atoms with van der Waals surface area (Å²) >= 11 is 0. The molecular formula is C13H25FN2. The molecule has 1 aliphatic carbocycles. The summed E-state index contributed by atoms with van der Waals surface area (Å²) in [5, 5.41) is 3.75. The second-order valence-corrected chi connectivity index (χ2v) is 6.12. The zero-order chi connectivity index (χ0) is 11.6. The van der Waals surface area contributed by atoms with Crippen LogP contribution in [0.3, 0.4) is 0 Å². The molecule has 0 amide bonds. The third-order valence-electron chi connectivity index (χ3n) is 4.41. The molecule has 1 aliphatic heterocycles. The summed E-state index contributed by atoms with van der Waals surface area (Å²) in [5.41, 5.74) is 0.401. The van der Waals surface area contributed by atoms with Crippen molar-refractivity contribution in [2.75, 3.05) is 26.3 Å². The van der Waals surface area contributed by atoms with Crippen molar-refractivity contribution < 1.29 is 4.39 Å². The van der Waals surface area contributed by atoms with Crippen LogP contribution in [0.2, 0.25) is 0 Å². The van der Waals surface area contributed by atoms with Gasteiger partial charge in [-0.25, -0.2) is 4.39 Å². The van der Waals surface area contributed by atoms with Crippen molar-refractivity contribution in [3.63, 3.8) is 0 Å². The third-order valence-corrected chi connectivity index (χ3v) is 4.41. The van der Waals surface area contributed by atoms with E-state index in [0.29, 0.717) is 12.1 Å². The number of hydrogen-bond acceptors (Lipinski definition) is 2. The van der Waals surface area contributed by atoms with E-state index < -0.39 is 0 Å². The van der Waals surface area contributed by atoms with Crippen LogP contribution >= 0.6 is 0 Å². The quantitative estimate of drug-likeness (QED) is 0.780. The molecule has 2 fully saturated rings. The number of nitrogens with zero attached hydrogens (tertiary/aromatic N) is 1. The number of rotatable bonds is 2. The van der Waals surface area contributed by atoms with Gasteiger partial charge in [-0.05, 0) is 26.7 Å². The van der Waals surface area contributed by atoms with Crippen molar-refractivity contribution in [2.24, 2.45) is 0 Å². The maximum Gasteiger partial charge on any atom is 0.102 e. The molecule has 0 aromatic heterocycles. The van der Waals surface area contributed by atoms with E-state index in [1.807, 2.05) is 0 Å². The zero-order valence-electron chi connectivity index (χ0n) is 10.7. The van der Waals surface area contributed by atoms with Crippen molar-refractivity contribution >= 4 is 0 Å². The van der Waals surface area contributed by atoms with Gasteiger partial charge in [-0.2, -0.15) is 0 Å². The molecule has 1 N–H and O–H groups in total. The Kier molecular flexibility index (Phi) is 3.55. The Hall–Kier alpha value is -0.150. The van der Waals surface area contributed by atoms with Crippen molar-refractivity contribution in [3.05, 3.63) is 0 Å². The van der Waals surface area contributed by atoms with E-state index in [9.17, 15) is 4.39 Å². The Morgan fingerprint density at radius 2 is 1.88 bits per heavy atom. The Balaban J connectivity index is 2.04. The van der Waals surface area contributed by atoms with Crippen molar-refractivity contribution in [1.29, 1.82) is 0 Å². The molecule has 0 aromatic carbocycles. The van der Waals surface area contributed by atoms with Crippen LogP contribution in [0.25, 0.3) is 0 Å². The summed E-state index contributed by atoms with van der Waals surface area (Å²) in [6.07, 6.45) is 6.57. The number of nitrogens with one attached hydrogen (secondary N) is 1. The second kappa shape index (κ2) is 4.61. The highest BCUT2D eigenvalue weighted by Gasteiger charge is 2.42. The molecule has 1 heterocycles. The van der Waals surface area contributed by atoms with Crippen LogP contribution in [0.1, 0.15) is 46.0 Å². The third kappa shape index (κ3) is 2.40. The highest BCUT2D eigenvalue weighted by Crippen LogP contribution is 2.34. The van der Waals surface area contributed by atoms with Crippen LogP contribution in [-0.4, -0.2) is 42.3 Å². The van der Waals surface area contributed by atoms with Gasteiger partial charge < -0.3 is 5.32 Å². The molecule has 0 aromatic rings. The van der Waals surface area contributed by atoms with Gasteiger partial charge in [-0.3, -0.25) is 4.90 Å². The topological polar surface area (TPSA) is 15.3 Å². The number of alkyl halides is 1. The Morgan fingerprint density at radius 3 is 2.50 bits per heavy atom. The minimum Gasteiger partial charge on any atom is -0.308 e. The first-order valence-corrected chi connectivity index (χ1v) is 6.64. The lowest BCUT2D eigenvalue weighted by Crippen LogP contribution is -2.68. The molecule has 0 unspecified atom stereocenters. The van der Waals surface area contributed by atoms with Gasteiger partial charge in [0.05, 0.1) is 0 Å². The standard InChI is InChI=1S/C13H25FN2/c1-12(2)10-15-13(6-4-3-5-7-13)11-16(12)9-8-14/h15H,3-11H2,1-2H3. The molecule has 1 spiro atoms. The van der Waals surface area contributed by atoms with Gasteiger partial charge in [0.15, 0.2) is 0 Å². The highest BCUT2D eigenvalue weighted by molar-refractivity contribution is 5.02. The molecule has 94 valence electrons. The van der Waals surface area contributed by atoms with Crippen LogP contribution in [0.15, 0.2) is 0 Å². The van der Waals surface area contributed by atoms with Crippen molar-refractivity contribution in [3.8, 4) is 0 Å². The highest BCUT2D eigenvalue weighted by atomic mass is 19.1. The van der Waals surface area contributed by atoms with E-state index >= 15 is 0 Å². The molecule has 3 heteroatoms. The van der Waals surface area contributed by atoms with E-state index in [1.54, 1.807) is 0 Å². The fraction of sp³-hybridized carbons (Fsp3) is 1.00. The maximum absolute atomic E-state index is 12.6. The predicted molar refractivity (Wildman–Crippen MR) is 65.4 cm³/mol. The van der Waals surface area contributed by atoms with E-state index in [4.69, 9.17) is 0 Å². The summed E-state index contributed by atoms with van der Waals surface area (Å²) in [6, 6.07) is 0. The lowest BCUT2D eigenvalue weighted by Gasteiger charge is -2.53. The van der Waals surface area contributed by atoms with Crippen LogP contribution in [0.5, 0.6) is 0 Å². The molecule has 1 saturated heterocycles. The van der Waals surface area contributed by atoms with Gasteiger partial charge in [0, 0.05) is 30.7 Å². The minimum atomic E-state index is -0.223. The van der Waals surface area contributed by atoms with Gasteiger partial charge in [0.25, 0.3) is 0 Å². The summed E-state index contributed by atoms with van der Waals surface area (Å²) in [5.74, 6) is 0. The first-order valence-electron chi connectivity index (χ1n) is 6.64. The van der Waals surface area contributed by atoms with E-state index in [2.05, 4.69) is 24.1 Å². The summed E-state index contributed by atoms with van der Waals surface area (Å²) in [6.45, 7) is 6.82. The maximum atomic E-state index is 12.6. The van der Waals surface area contributed by atoms with Crippen LogP contribution in [-0.2, 0) is 0 Å². The summed E-state index contributed by atoms with van der Waals surface area (Å²) in [4.78, 5) is 2.34. The Morgan fingerprint density at radius 1 is 1.19 bits per heavy atom. The molecule has 1 saturated carbocycles. The second-order valence-electron chi connectivity index (χ2n) is 6.12. The molecule has 0 atom stereocenters. The van der Waals surface area contributed by atoms with Gasteiger partial charge in [0.2, 0.25) is 0 Å². The summed E-state index contributed by atoms with van der Waals surface area (Å²) in [7, 11) is 0. The van der Waals surface area contributed by atoms with Gasteiger partial charge in [-0.15, -0.1) is 0 Å². The Bertz CT molecular complexity index is 234. The SMILES string of the molecule is CC1(C)CNC2(CCCCC2)CN1CCF. The largest absolute Gasteiger partial charge is 0.308 e. The monoisotopic (exact) mass is 228 g/mol. The smallest absolute Gasteiger partial charge is 0.102 e. The first-order chi connectivity index (χ1) is 7.58. The summed E-state index contributed by atoms with van der Waals surface area (Å²) < 4.78 is 12.6.